The van der Waals surface area contributed by atoms with Gasteiger partial charge < -0.3 is 14.5 Å². The number of nitrogens with one attached hydrogen (secondary N) is 1. The van der Waals surface area contributed by atoms with Crippen LogP contribution in [-0.4, -0.2) is 60.6 Å². The summed E-state index contributed by atoms with van der Waals surface area (Å²) in [5, 5.41) is 4.34. The summed E-state index contributed by atoms with van der Waals surface area (Å²) < 4.78 is 5.44. The number of aromatic nitrogens is 3. The van der Waals surface area contributed by atoms with Crippen molar-refractivity contribution in [3.63, 3.8) is 0 Å². The Morgan fingerprint density at radius 3 is 2.33 bits per heavy atom. The molecular weight excluding hydrogens is 342 g/mol. The second-order valence-corrected chi connectivity index (χ2v) is 6.78. The molecule has 0 unspecified atom stereocenters. The lowest BCUT2D eigenvalue weighted by atomic mass is 10.1. The van der Waals surface area contributed by atoms with Gasteiger partial charge in [-0.3, -0.25) is 0 Å². The average molecular weight is 367 g/mol. The van der Waals surface area contributed by atoms with E-state index in [1.165, 1.54) is 18.4 Å². The van der Waals surface area contributed by atoms with Crippen LogP contribution < -0.4 is 15.2 Å². The van der Waals surface area contributed by atoms with Crippen LogP contribution in [0.5, 0.6) is 0 Å². The Labute approximate surface area is 159 Å². The number of rotatable bonds is 5. The molecule has 2 fully saturated rings. The summed E-state index contributed by atoms with van der Waals surface area (Å²) in [6.07, 6.45) is 4.14. The van der Waals surface area contributed by atoms with Crippen molar-refractivity contribution in [1.82, 2.24) is 15.0 Å². The second-order valence-electron chi connectivity index (χ2n) is 6.78. The van der Waals surface area contributed by atoms with Gasteiger partial charge in [-0.2, -0.15) is 20.1 Å². The highest BCUT2D eigenvalue weighted by molar-refractivity contribution is 5.81. The van der Waals surface area contributed by atoms with Gasteiger partial charge in [-0.25, -0.2) is 5.43 Å². The Morgan fingerprint density at radius 1 is 0.963 bits per heavy atom. The quantitative estimate of drug-likeness (QED) is 0.640. The third kappa shape index (κ3) is 4.33. The largest absolute Gasteiger partial charge is 0.378 e. The fraction of sp³-hybridized carbons (Fsp3) is 0.474. The molecule has 0 spiro atoms. The van der Waals surface area contributed by atoms with E-state index in [2.05, 4.69) is 43.3 Å². The normalized spacial score (nSPS) is 17.7. The summed E-state index contributed by atoms with van der Waals surface area (Å²) in [5.74, 6) is 1.87. The van der Waals surface area contributed by atoms with Crippen LogP contribution in [0.3, 0.4) is 0 Å². The zero-order valence-corrected chi connectivity index (χ0v) is 15.6. The summed E-state index contributed by atoms with van der Waals surface area (Å²) >= 11 is 0. The first-order valence-electron chi connectivity index (χ1n) is 9.48. The fourth-order valence-corrected chi connectivity index (χ4v) is 3.26. The van der Waals surface area contributed by atoms with E-state index in [9.17, 15) is 0 Å². The smallest absolute Gasteiger partial charge is 0.250 e. The van der Waals surface area contributed by atoms with Crippen molar-refractivity contribution >= 4 is 24.1 Å². The molecule has 0 radical (unpaired) electrons. The molecule has 0 bridgehead atoms. The van der Waals surface area contributed by atoms with Crippen LogP contribution in [0.2, 0.25) is 0 Å². The van der Waals surface area contributed by atoms with E-state index in [-0.39, 0.29) is 0 Å². The van der Waals surface area contributed by atoms with E-state index in [4.69, 9.17) is 9.72 Å². The molecule has 1 aromatic carbocycles. The summed E-state index contributed by atoms with van der Waals surface area (Å²) in [7, 11) is 0. The van der Waals surface area contributed by atoms with Gasteiger partial charge in [0.05, 0.1) is 19.4 Å². The van der Waals surface area contributed by atoms with Gasteiger partial charge in [0.1, 0.15) is 0 Å². The molecule has 2 aliphatic rings. The molecule has 0 amide bonds. The van der Waals surface area contributed by atoms with Crippen molar-refractivity contribution in [2.24, 2.45) is 5.10 Å². The van der Waals surface area contributed by atoms with Crippen LogP contribution in [0.15, 0.2) is 29.4 Å². The summed E-state index contributed by atoms with van der Waals surface area (Å²) in [6.45, 7) is 6.99. The molecule has 142 valence electrons. The van der Waals surface area contributed by atoms with Gasteiger partial charge in [0, 0.05) is 26.2 Å². The van der Waals surface area contributed by atoms with E-state index in [0.29, 0.717) is 25.1 Å². The number of anilines is 3. The van der Waals surface area contributed by atoms with Gasteiger partial charge in [-0.15, -0.1) is 0 Å². The number of ether oxygens (including phenoxy) is 1. The number of benzene rings is 1. The van der Waals surface area contributed by atoms with Crippen LogP contribution in [0.25, 0.3) is 0 Å². The number of nitrogens with zero attached hydrogens (tertiary/aromatic N) is 6. The molecule has 4 rings (SSSR count). The molecule has 27 heavy (non-hydrogen) atoms. The van der Waals surface area contributed by atoms with Crippen molar-refractivity contribution < 1.29 is 4.74 Å². The van der Waals surface area contributed by atoms with Gasteiger partial charge in [0.2, 0.25) is 17.8 Å². The van der Waals surface area contributed by atoms with Crippen LogP contribution in [0.4, 0.5) is 17.8 Å². The minimum Gasteiger partial charge on any atom is -0.378 e. The van der Waals surface area contributed by atoms with Crippen LogP contribution in [-0.2, 0) is 4.74 Å². The van der Waals surface area contributed by atoms with E-state index >= 15 is 0 Å². The molecule has 1 N–H and O–H groups in total. The molecule has 2 aliphatic heterocycles. The first-order valence-corrected chi connectivity index (χ1v) is 9.48. The topological polar surface area (TPSA) is 78.8 Å². The lowest BCUT2D eigenvalue weighted by Gasteiger charge is -2.27. The third-order valence-electron chi connectivity index (χ3n) is 4.85. The van der Waals surface area contributed by atoms with Crippen molar-refractivity contribution in [2.45, 2.75) is 19.8 Å². The zero-order chi connectivity index (χ0) is 18.5. The number of aryl methyl sites for hydroxylation is 1. The van der Waals surface area contributed by atoms with Crippen LogP contribution in [0.1, 0.15) is 24.0 Å². The molecule has 0 saturated carbocycles. The number of hydrogen-bond donors (Lipinski definition) is 1. The molecule has 8 heteroatoms. The minimum absolute atomic E-state index is 0.471. The number of hydrazone groups is 1. The first kappa shape index (κ1) is 17.7. The SMILES string of the molecule is Cc1ccccc1/C=N\Nc1nc(N2CCCC2)nc(N2CCOCC2)n1. The van der Waals surface area contributed by atoms with Crippen molar-refractivity contribution in [3.8, 4) is 0 Å². The lowest BCUT2D eigenvalue weighted by molar-refractivity contribution is 0.122. The Hall–Kier alpha value is -2.74. The van der Waals surface area contributed by atoms with Crippen molar-refractivity contribution in [1.29, 1.82) is 0 Å². The first-order chi connectivity index (χ1) is 13.3. The Morgan fingerprint density at radius 2 is 1.63 bits per heavy atom. The molecular formula is C19H25N7O. The predicted molar refractivity (Wildman–Crippen MR) is 107 cm³/mol. The standard InChI is InChI=1S/C19H25N7O/c1-15-6-2-3-7-16(15)14-20-24-17-21-18(25-8-4-5-9-25)23-19(22-17)26-10-12-27-13-11-26/h2-3,6-7,14H,4-5,8-13H2,1H3,(H,21,22,23,24)/b20-14-. The maximum Gasteiger partial charge on any atom is 0.250 e. The zero-order valence-electron chi connectivity index (χ0n) is 15.6. The van der Waals surface area contributed by atoms with Gasteiger partial charge >= 0.3 is 0 Å². The van der Waals surface area contributed by atoms with Crippen LogP contribution >= 0.6 is 0 Å². The summed E-state index contributed by atoms with van der Waals surface area (Å²) in [5.41, 5.74) is 5.22. The number of hydrogen-bond acceptors (Lipinski definition) is 8. The molecule has 0 aliphatic carbocycles. The van der Waals surface area contributed by atoms with Crippen molar-refractivity contribution in [2.75, 3.05) is 54.6 Å². The molecule has 1 aromatic heterocycles. The highest BCUT2D eigenvalue weighted by Gasteiger charge is 2.21. The Balaban J connectivity index is 1.56. The van der Waals surface area contributed by atoms with Gasteiger partial charge in [0.15, 0.2) is 0 Å². The van der Waals surface area contributed by atoms with E-state index in [1.54, 1.807) is 6.21 Å². The number of morpholine rings is 1. The average Bonchev–Trinajstić information content (AvgIpc) is 3.25. The van der Waals surface area contributed by atoms with E-state index < -0.39 is 0 Å². The Bertz CT molecular complexity index is 798. The maximum atomic E-state index is 5.44. The Kier molecular flexibility index (Phi) is 5.43. The predicted octanol–water partition coefficient (Wildman–Crippen LogP) is 2.06. The van der Waals surface area contributed by atoms with E-state index in [0.717, 1.165) is 37.7 Å². The second kappa shape index (κ2) is 8.30. The lowest BCUT2D eigenvalue weighted by Crippen LogP contribution is -2.38. The molecule has 0 atom stereocenters. The highest BCUT2D eigenvalue weighted by atomic mass is 16.5. The molecule has 8 nitrogen and oxygen atoms in total. The van der Waals surface area contributed by atoms with E-state index in [1.807, 2.05) is 18.2 Å². The van der Waals surface area contributed by atoms with Crippen molar-refractivity contribution in [3.05, 3.63) is 35.4 Å². The minimum atomic E-state index is 0.471. The molecule has 3 heterocycles. The third-order valence-corrected chi connectivity index (χ3v) is 4.85. The molecule has 2 aromatic rings. The van der Waals surface area contributed by atoms with Gasteiger partial charge in [0.25, 0.3) is 0 Å². The monoisotopic (exact) mass is 367 g/mol. The summed E-state index contributed by atoms with van der Waals surface area (Å²) in [6, 6.07) is 8.11. The van der Waals surface area contributed by atoms with Gasteiger partial charge in [-0.1, -0.05) is 24.3 Å². The maximum absolute atomic E-state index is 5.44. The fourth-order valence-electron chi connectivity index (χ4n) is 3.26. The molecule has 2 saturated heterocycles. The van der Waals surface area contributed by atoms with Gasteiger partial charge in [-0.05, 0) is 30.9 Å². The summed E-state index contributed by atoms with van der Waals surface area (Å²) in [4.78, 5) is 18.2. The highest BCUT2D eigenvalue weighted by Crippen LogP contribution is 2.21. The van der Waals surface area contributed by atoms with Crippen LogP contribution in [0, 0.1) is 6.92 Å².